The average molecular weight is 289 g/mol. The summed E-state index contributed by atoms with van der Waals surface area (Å²) in [4.78, 5) is 0. The van der Waals surface area contributed by atoms with Gasteiger partial charge in [0.15, 0.2) is 0 Å². The minimum Gasteiger partial charge on any atom is -0.484 e. The summed E-state index contributed by atoms with van der Waals surface area (Å²) in [6, 6.07) is 6.91. The molecule has 1 spiro atoms. The summed E-state index contributed by atoms with van der Waals surface area (Å²) in [5.74, 6) is 1.04. The van der Waals surface area contributed by atoms with Crippen molar-refractivity contribution in [2.24, 2.45) is 0 Å². The van der Waals surface area contributed by atoms with Crippen LogP contribution in [0.15, 0.2) is 18.2 Å². The first-order chi connectivity index (χ1) is 10.2. The van der Waals surface area contributed by atoms with Crippen LogP contribution in [-0.4, -0.2) is 25.4 Å². The van der Waals surface area contributed by atoms with E-state index in [1.165, 1.54) is 24.0 Å². The van der Waals surface area contributed by atoms with Crippen molar-refractivity contribution < 1.29 is 9.47 Å². The first kappa shape index (κ1) is 14.9. The number of hydrogen-bond acceptors (Lipinski definition) is 3. The van der Waals surface area contributed by atoms with Crippen LogP contribution >= 0.6 is 0 Å². The molecule has 0 bridgehead atoms. The zero-order chi connectivity index (χ0) is 14.9. The first-order valence-corrected chi connectivity index (χ1v) is 8.24. The van der Waals surface area contributed by atoms with Crippen LogP contribution in [0.2, 0.25) is 0 Å². The molecule has 116 valence electrons. The Labute approximate surface area is 128 Å². The Morgan fingerprint density at radius 1 is 1.38 bits per heavy atom. The van der Waals surface area contributed by atoms with Gasteiger partial charge in [-0.15, -0.1) is 0 Å². The zero-order valence-electron chi connectivity index (χ0n) is 13.4. The van der Waals surface area contributed by atoms with Crippen molar-refractivity contribution in [2.75, 3.05) is 13.7 Å². The summed E-state index contributed by atoms with van der Waals surface area (Å²) >= 11 is 0. The second kappa shape index (κ2) is 5.98. The van der Waals surface area contributed by atoms with Gasteiger partial charge in [-0.1, -0.05) is 31.0 Å². The van der Waals surface area contributed by atoms with Gasteiger partial charge in [-0.2, -0.15) is 0 Å². The molecule has 0 saturated heterocycles. The van der Waals surface area contributed by atoms with E-state index in [4.69, 9.17) is 9.47 Å². The maximum absolute atomic E-state index is 6.53. The molecule has 1 aliphatic heterocycles. The van der Waals surface area contributed by atoms with E-state index in [0.29, 0.717) is 6.04 Å². The van der Waals surface area contributed by atoms with Gasteiger partial charge in [-0.3, -0.25) is 0 Å². The van der Waals surface area contributed by atoms with Crippen molar-refractivity contribution in [1.29, 1.82) is 0 Å². The lowest BCUT2D eigenvalue weighted by Gasteiger charge is -2.48. The average Bonchev–Trinajstić information content (AvgIpc) is 2.49. The zero-order valence-corrected chi connectivity index (χ0v) is 13.4. The lowest BCUT2D eigenvalue weighted by molar-refractivity contribution is -0.116. The molecule has 1 aromatic carbocycles. The molecule has 1 N–H and O–H groups in total. The molecular formula is C18H27NO2. The molecular weight excluding hydrogens is 262 g/mol. The largest absolute Gasteiger partial charge is 0.484 e. The fourth-order valence-corrected chi connectivity index (χ4v) is 4.04. The van der Waals surface area contributed by atoms with Crippen LogP contribution in [0.3, 0.4) is 0 Å². The summed E-state index contributed by atoms with van der Waals surface area (Å²) in [6.07, 6.45) is 5.91. The highest BCUT2D eigenvalue weighted by atomic mass is 16.5. The third kappa shape index (κ3) is 2.69. The molecule has 3 heteroatoms. The minimum atomic E-state index is -0.151. The fourth-order valence-electron chi connectivity index (χ4n) is 4.04. The van der Waals surface area contributed by atoms with Gasteiger partial charge < -0.3 is 14.8 Å². The monoisotopic (exact) mass is 289 g/mol. The van der Waals surface area contributed by atoms with Gasteiger partial charge in [-0.05, 0) is 38.8 Å². The van der Waals surface area contributed by atoms with Gasteiger partial charge in [0.2, 0.25) is 0 Å². The Hall–Kier alpha value is -1.06. The van der Waals surface area contributed by atoms with Crippen LogP contribution in [0.5, 0.6) is 5.75 Å². The Morgan fingerprint density at radius 2 is 2.24 bits per heavy atom. The van der Waals surface area contributed by atoms with Crippen molar-refractivity contribution >= 4 is 0 Å². The SMILES string of the molecule is CCNC1CC2(CCCCC2OC)Oc2ccc(C)cc21. The predicted molar refractivity (Wildman–Crippen MR) is 84.8 cm³/mol. The molecule has 1 heterocycles. The van der Waals surface area contributed by atoms with Gasteiger partial charge in [0.05, 0.1) is 6.10 Å². The third-order valence-electron chi connectivity index (χ3n) is 5.04. The lowest BCUT2D eigenvalue weighted by Crippen LogP contribution is -2.54. The highest BCUT2D eigenvalue weighted by Gasteiger charge is 2.48. The van der Waals surface area contributed by atoms with Gasteiger partial charge in [-0.25, -0.2) is 0 Å². The van der Waals surface area contributed by atoms with Crippen LogP contribution in [-0.2, 0) is 4.74 Å². The number of hydrogen-bond donors (Lipinski definition) is 1. The highest BCUT2D eigenvalue weighted by molar-refractivity contribution is 5.42. The summed E-state index contributed by atoms with van der Waals surface area (Å²) in [6.45, 7) is 5.30. The fraction of sp³-hybridized carbons (Fsp3) is 0.667. The molecule has 3 nitrogen and oxygen atoms in total. The second-order valence-electron chi connectivity index (χ2n) is 6.49. The summed E-state index contributed by atoms with van der Waals surface area (Å²) in [5.41, 5.74) is 2.45. The van der Waals surface area contributed by atoms with E-state index in [1.807, 2.05) is 7.11 Å². The smallest absolute Gasteiger partial charge is 0.137 e. The summed E-state index contributed by atoms with van der Waals surface area (Å²) in [5, 5.41) is 3.65. The van der Waals surface area contributed by atoms with E-state index in [0.717, 1.165) is 31.6 Å². The number of fused-ring (bicyclic) bond motifs is 1. The maximum atomic E-state index is 6.53. The van der Waals surface area contributed by atoms with Crippen molar-refractivity contribution in [2.45, 2.75) is 63.7 Å². The molecule has 3 unspecified atom stereocenters. The molecule has 1 saturated carbocycles. The number of ether oxygens (including phenoxy) is 2. The van der Waals surface area contributed by atoms with Gasteiger partial charge in [0, 0.05) is 25.1 Å². The predicted octanol–water partition coefficient (Wildman–Crippen LogP) is 3.76. The van der Waals surface area contributed by atoms with Crippen LogP contribution in [0.25, 0.3) is 0 Å². The van der Waals surface area contributed by atoms with E-state index in [9.17, 15) is 0 Å². The topological polar surface area (TPSA) is 30.5 Å². The van der Waals surface area contributed by atoms with E-state index < -0.39 is 0 Å². The van der Waals surface area contributed by atoms with Gasteiger partial charge in [0.1, 0.15) is 11.4 Å². The van der Waals surface area contributed by atoms with Crippen LogP contribution in [0.4, 0.5) is 0 Å². The molecule has 1 aliphatic carbocycles. The van der Waals surface area contributed by atoms with Crippen LogP contribution in [0.1, 0.15) is 56.2 Å². The number of aryl methyl sites for hydroxylation is 1. The van der Waals surface area contributed by atoms with E-state index in [-0.39, 0.29) is 11.7 Å². The lowest BCUT2D eigenvalue weighted by atomic mass is 9.75. The summed E-state index contributed by atoms with van der Waals surface area (Å²) in [7, 11) is 1.83. The second-order valence-corrected chi connectivity index (χ2v) is 6.49. The molecule has 3 atom stereocenters. The molecule has 3 rings (SSSR count). The van der Waals surface area contributed by atoms with Crippen molar-refractivity contribution in [3.05, 3.63) is 29.3 Å². The van der Waals surface area contributed by atoms with Crippen LogP contribution < -0.4 is 10.1 Å². The first-order valence-electron chi connectivity index (χ1n) is 8.24. The number of methoxy groups -OCH3 is 1. The molecule has 0 aromatic heterocycles. The Kier molecular flexibility index (Phi) is 4.23. The standard InChI is InChI=1S/C18H27NO2/c1-4-19-15-12-18(10-6-5-7-17(18)20-3)21-16-9-8-13(2)11-14(15)16/h8-9,11,15,17,19H,4-7,10,12H2,1-3H3. The molecule has 0 radical (unpaired) electrons. The van der Waals surface area contributed by atoms with Gasteiger partial charge >= 0.3 is 0 Å². The minimum absolute atomic E-state index is 0.151. The van der Waals surface area contributed by atoms with Crippen molar-refractivity contribution in [3.8, 4) is 5.75 Å². The van der Waals surface area contributed by atoms with E-state index in [1.54, 1.807) is 0 Å². The number of nitrogens with one attached hydrogen (secondary N) is 1. The molecule has 1 aromatic rings. The number of rotatable bonds is 3. The molecule has 21 heavy (non-hydrogen) atoms. The van der Waals surface area contributed by atoms with Crippen molar-refractivity contribution in [3.63, 3.8) is 0 Å². The molecule has 2 aliphatic rings. The Bertz CT molecular complexity index is 502. The van der Waals surface area contributed by atoms with Crippen LogP contribution in [0, 0.1) is 6.92 Å². The Balaban J connectivity index is 1.98. The summed E-state index contributed by atoms with van der Waals surface area (Å²) < 4.78 is 12.3. The normalized spacial score (nSPS) is 31.8. The molecule has 0 amide bonds. The maximum Gasteiger partial charge on any atom is 0.137 e. The quantitative estimate of drug-likeness (QED) is 0.919. The third-order valence-corrected chi connectivity index (χ3v) is 5.04. The van der Waals surface area contributed by atoms with E-state index in [2.05, 4.69) is 37.4 Å². The highest BCUT2D eigenvalue weighted by Crippen LogP contribution is 2.47. The van der Waals surface area contributed by atoms with Crippen molar-refractivity contribution in [1.82, 2.24) is 5.32 Å². The van der Waals surface area contributed by atoms with Gasteiger partial charge in [0.25, 0.3) is 0 Å². The Morgan fingerprint density at radius 3 is 3.00 bits per heavy atom. The molecule has 1 fully saturated rings. The number of benzene rings is 1. The van der Waals surface area contributed by atoms with E-state index >= 15 is 0 Å².